The highest BCUT2D eigenvalue weighted by atomic mass is 32.2. The Bertz CT molecular complexity index is 178. The highest BCUT2D eigenvalue weighted by Gasteiger charge is 2.12. The summed E-state index contributed by atoms with van der Waals surface area (Å²) >= 11 is 2.07. The van der Waals surface area contributed by atoms with E-state index in [2.05, 4.69) is 49.3 Å². The molecule has 108 valence electrons. The number of nitrogens with zero attached hydrogens (tertiary/aromatic N) is 2. The third-order valence-electron chi connectivity index (χ3n) is 3.55. The molecular formula is C14H30N2OS. The van der Waals surface area contributed by atoms with E-state index in [1.54, 1.807) is 0 Å². The van der Waals surface area contributed by atoms with Crippen LogP contribution >= 0.6 is 11.8 Å². The highest BCUT2D eigenvalue weighted by Crippen LogP contribution is 2.11. The predicted octanol–water partition coefficient (Wildman–Crippen LogP) is 2.17. The molecule has 2 fully saturated rings. The summed E-state index contributed by atoms with van der Waals surface area (Å²) in [4.78, 5) is 4.97. The van der Waals surface area contributed by atoms with E-state index in [0.29, 0.717) is 6.04 Å². The van der Waals surface area contributed by atoms with Gasteiger partial charge in [-0.2, -0.15) is 11.8 Å². The van der Waals surface area contributed by atoms with E-state index in [0.717, 1.165) is 32.3 Å². The number of thioether (sulfide) groups is 1. The summed E-state index contributed by atoms with van der Waals surface area (Å²) in [7, 11) is 0. The number of rotatable bonds is 2. The van der Waals surface area contributed by atoms with Crippen molar-refractivity contribution < 1.29 is 4.74 Å². The molecule has 0 aromatic heterocycles. The lowest BCUT2D eigenvalue weighted by Crippen LogP contribution is -2.40. The van der Waals surface area contributed by atoms with Gasteiger partial charge in [0, 0.05) is 49.8 Å². The molecule has 2 heterocycles. The van der Waals surface area contributed by atoms with Crippen molar-refractivity contribution in [1.29, 1.82) is 0 Å². The molecule has 2 aliphatic heterocycles. The van der Waals surface area contributed by atoms with E-state index in [-0.39, 0.29) is 0 Å². The first kappa shape index (κ1) is 16.3. The van der Waals surface area contributed by atoms with Crippen molar-refractivity contribution in [3.8, 4) is 0 Å². The first-order valence-electron chi connectivity index (χ1n) is 7.25. The van der Waals surface area contributed by atoms with Crippen LogP contribution in [0.1, 0.15) is 27.7 Å². The average molecular weight is 274 g/mol. The van der Waals surface area contributed by atoms with Crippen LogP contribution in [0.3, 0.4) is 0 Å². The highest BCUT2D eigenvalue weighted by molar-refractivity contribution is 7.99. The molecule has 2 saturated heterocycles. The summed E-state index contributed by atoms with van der Waals surface area (Å²) in [6.07, 6.45) is 0. The Balaban J connectivity index is 0.000000180. The normalized spacial score (nSPS) is 23.0. The predicted molar refractivity (Wildman–Crippen MR) is 81.6 cm³/mol. The van der Waals surface area contributed by atoms with Gasteiger partial charge in [0.25, 0.3) is 0 Å². The van der Waals surface area contributed by atoms with Crippen molar-refractivity contribution >= 4 is 11.8 Å². The van der Waals surface area contributed by atoms with Crippen molar-refractivity contribution in [2.24, 2.45) is 0 Å². The number of hydrogen-bond donors (Lipinski definition) is 0. The Morgan fingerprint density at radius 2 is 1.22 bits per heavy atom. The number of morpholine rings is 1. The quantitative estimate of drug-likeness (QED) is 0.766. The molecule has 18 heavy (non-hydrogen) atoms. The fourth-order valence-corrected chi connectivity index (χ4v) is 3.12. The molecule has 0 N–H and O–H groups in total. The summed E-state index contributed by atoms with van der Waals surface area (Å²) < 4.78 is 5.21. The molecule has 0 atom stereocenters. The minimum absolute atomic E-state index is 0.689. The van der Waals surface area contributed by atoms with E-state index in [9.17, 15) is 0 Å². The van der Waals surface area contributed by atoms with Gasteiger partial charge >= 0.3 is 0 Å². The molecule has 0 aliphatic carbocycles. The molecule has 0 aromatic carbocycles. The minimum Gasteiger partial charge on any atom is -0.379 e. The Kier molecular flexibility index (Phi) is 8.31. The zero-order valence-electron chi connectivity index (χ0n) is 12.5. The topological polar surface area (TPSA) is 15.7 Å². The molecule has 0 bridgehead atoms. The molecule has 0 saturated carbocycles. The second kappa shape index (κ2) is 9.18. The molecule has 2 aliphatic rings. The standard InChI is InChI=1S/C7H15NO.C7H15NS/c2*1-7(2)8-3-5-9-6-4-8/h2*7H,3-6H2,1-2H3. The fraction of sp³-hybridized carbons (Fsp3) is 1.00. The Labute approximate surface area is 117 Å². The largest absolute Gasteiger partial charge is 0.379 e. The van der Waals surface area contributed by atoms with Crippen LogP contribution in [0, 0.1) is 0 Å². The average Bonchev–Trinajstić information content (AvgIpc) is 2.41. The second-order valence-electron chi connectivity index (χ2n) is 5.48. The molecule has 0 unspecified atom stereocenters. The van der Waals surface area contributed by atoms with Crippen LogP contribution in [-0.2, 0) is 4.74 Å². The summed E-state index contributed by atoms with van der Waals surface area (Å²) in [5.41, 5.74) is 0. The van der Waals surface area contributed by atoms with Gasteiger partial charge in [0.2, 0.25) is 0 Å². The molecule has 2 rings (SSSR count). The zero-order valence-corrected chi connectivity index (χ0v) is 13.3. The third-order valence-corrected chi connectivity index (χ3v) is 4.49. The Hall–Kier alpha value is 0.230. The first-order valence-corrected chi connectivity index (χ1v) is 8.40. The van der Waals surface area contributed by atoms with Gasteiger partial charge in [-0.1, -0.05) is 0 Å². The van der Waals surface area contributed by atoms with Gasteiger partial charge in [-0.15, -0.1) is 0 Å². The smallest absolute Gasteiger partial charge is 0.0594 e. The van der Waals surface area contributed by atoms with Gasteiger partial charge in [-0.25, -0.2) is 0 Å². The van der Waals surface area contributed by atoms with Crippen LogP contribution in [-0.4, -0.2) is 72.8 Å². The maximum Gasteiger partial charge on any atom is 0.0594 e. The number of hydrogen-bond acceptors (Lipinski definition) is 4. The van der Waals surface area contributed by atoms with Gasteiger partial charge in [0.15, 0.2) is 0 Å². The second-order valence-corrected chi connectivity index (χ2v) is 6.71. The maximum atomic E-state index is 5.21. The van der Waals surface area contributed by atoms with Crippen LogP contribution in [0.15, 0.2) is 0 Å². The van der Waals surface area contributed by atoms with Crippen LogP contribution in [0.5, 0.6) is 0 Å². The third kappa shape index (κ3) is 6.41. The van der Waals surface area contributed by atoms with Crippen molar-refractivity contribution in [1.82, 2.24) is 9.80 Å². The van der Waals surface area contributed by atoms with E-state index < -0.39 is 0 Å². The van der Waals surface area contributed by atoms with Gasteiger partial charge < -0.3 is 4.74 Å². The summed E-state index contributed by atoms with van der Waals surface area (Å²) in [5.74, 6) is 2.66. The van der Waals surface area contributed by atoms with Gasteiger partial charge in [-0.3, -0.25) is 9.80 Å². The first-order chi connectivity index (χ1) is 8.61. The van der Waals surface area contributed by atoms with Gasteiger partial charge in [0.1, 0.15) is 0 Å². The van der Waals surface area contributed by atoms with Crippen LogP contribution in [0.25, 0.3) is 0 Å². The summed E-state index contributed by atoms with van der Waals surface area (Å²) in [6, 6.07) is 1.44. The van der Waals surface area contributed by atoms with Crippen molar-refractivity contribution in [3.63, 3.8) is 0 Å². The van der Waals surface area contributed by atoms with Crippen LogP contribution < -0.4 is 0 Å². The lowest BCUT2D eigenvalue weighted by molar-refractivity contribution is 0.0238. The Morgan fingerprint density at radius 1 is 0.778 bits per heavy atom. The summed E-state index contributed by atoms with van der Waals surface area (Å²) in [5, 5.41) is 0. The monoisotopic (exact) mass is 274 g/mol. The molecule has 0 radical (unpaired) electrons. The van der Waals surface area contributed by atoms with Gasteiger partial charge in [0.05, 0.1) is 13.2 Å². The van der Waals surface area contributed by atoms with E-state index in [1.807, 2.05) is 0 Å². The SMILES string of the molecule is CC(C)N1CCOCC1.CC(C)N1CCSCC1. The fourth-order valence-electron chi connectivity index (χ4n) is 2.19. The van der Waals surface area contributed by atoms with Crippen molar-refractivity contribution in [2.75, 3.05) is 50.9 Å². The zero-order chi connectivity index (χ0) is 13.4. The lowest BCUT2D eigenvalue weighted by Gasteiger charge is -2.29. The van der Waals surface area contributed by atoms with Crippen molar-refractivity contribution in [3.05, 3.63) is 0 Å². The van der Waals surface area contributed by atoms with Crippen LogP contribution in [0.2, 0.25) is 0 Å². The molecule has 4 heteroatoms. The van der Waals surface area contributed by atoms with E-state index >= 15 is 0 Å². The molecule has 3 nitrogen and oxygen atoms in total. The van der Waals surface area contributed by atoms with E-state index in [1.165, 1.54) is 24.6 Å². The lowest BCUT2D eigenvalue weighted by atomic mass is 10.3. The molecule has 0 aromatic rings. The Morgan fingerprint density at radius 3 is 1.56 bits per heavy atom. The van der Waals surface area contributed by atoms with Gasteiger partial charge in [-0.05, 0) is 27.7 Å². The molecule has 0 amide bonds. The molecule has 0 spiro atoms. The summed E-state index contributed by atoms with van der Waals surface area (Å²) in [6.45, 7) is 15.6. The number of ether oxygens (including phenoxy) is 1. The minimum atomic E-state index is 0.689. The van der Waals surface area contributed by atoms with Crippen molar-refractivity contribution in [2.45, 2.75) is 39.8 Å². The maximum absolute atomic E-state index is 5.21. The molecular weight excluding hydrogens is 244 g/mol. The van der Waals surface area contributed by atoms with E-state index in [4.69, 9.17) is 4.74 Å². The van der Waals surface area contributed by atoms with Crippen LogP contribution in [0.4, 0.5) is 0 Å².